The van der Waals surface area contributed by atoms with Crippen LogP contribution in [0.3, 0.4) is 0 Å². The molecule has 0 bridgehead atoms. The summed E-state index contributed by atoms with van der Waals surface area (Å²) in [5.41, 5.74) is 7.64. The van der Waals surface area contributed by atoms with Gasteiger partial charge in [-0.15, -0.1) is 0 Å². The maximum atomic E-state index is 5.39. The maximum absolute atomic E-state index is 5.39. The van der Waals surface area contributed by atoms with Crippen LogP contribution in [0.2, 0.25) is 0 Å². The van der Waals surface area contributed by atoms with E-state index in [1.807, 2.05) is 80.6 Å². The van der Waals surface area contributed by atoms with E-state index in [4.69, 9.17) is 19.9 Å². The first-order chi connectivity index (χ1) is 23.3. The quantitative estimate of drug-likeness (QED) is 0.190. The van der Waals surface area contributed by atoms with E-state index in [1.165, 1.54) is 11.1 Å². The summed E-state index contributed by atoms with van der Waals surface area (Å²) in [5, 5.41) is 0. The van der Waals surface area contributed by atoms with Crippen molar-refractivity contribution in [3.05, 3.63) is 133 Å². The Kier molecular flexibility index (Phi) is 7.88. The van der Waals surface area contributed by atoms with Gasteiger partial charge in [0.05, 0.1) is 16.6 Å². The molecule has 0 radical (unpaired) electrons. The molecule has 0 unspecified atom stereocenters. The minimum Gasteiger partial charge on any atom is -0.304 e. The highest BCUT2D eigenvalue weighted by molar-refractivity contribution is 5.94. The van der Waals surface area contributed by atoms with Crippen molar-refractivity contribution in [3.8, 4) is 45.3 Å². The number of imidazole rings is 1. The number of hydrogen-bond donors (Lipinski definition) is 0. The van der Waals surface area contributed by atoms with Crippen molar-refractivity contribution in [1.29, 1.82) is 0 Å². The first-order valence-electron chi connectivity index (χ1n) is 16.7. The van der Waals surface area contributed by atoms with Gasteiger partial charge in [-0.25, -0.2) is 19.9 Å². The summed E-state index contributed by atoms with van der Waals surface area (Å²) in [5.74, 6) is 2.78. The van der Waals surface area contributed by atoms with Crippen LogP contribution in [0, 0.1) is 0 Å². The molecule has 0 amide bonds. The van der Waals surface area contributed by atoms with Crippen LogP contribution in [-0.2, 0) is 5.54 Å². The van der Waals surface area contributed by atoms with E-state index in [9.17, 15) is 0 Å². The van der Waals surface area contributed by atoms with Gasteiger partial charge in [0.2, 0.25) is 5.95 Å². The summed E-state index contributed by atoms with van der Waals surface area (Å²) < 4.78 is 2.38. The molecule has 0 saturated heterocycles. The normalized spacial score (nSPS) is 14.3. The number of para-hydroxylation sites is 1. The molecule has 8 rings (SSSR count). The van der Waals surface area contributed by atoms with Gasteiger partial charge in [0.25, 0.3) is 0 Å². The van der Waals surface area contributed by atoms with Crippen LogP contribution in [0.15, 0.2) is 133 Å². The van der Waals surface area contributed by atoms with E-state index in [1.54, 1.807) is 0 Å². The minimum atomic E-state index is -0.280. The van der Waals surface area contributed by atoms with Gasteiger partial charge >= 0.3 is 0 Å². The maximum Gasteiger partial charge on any atom is 0.212 e. The van der Waals surface area contributed by atoms with Crippen molar-refractivity contribution < 1.29 is 0 Å². The highest BCUT2D eigenvalue weighted by Crippen LogP contribution is 2.52. The van der Waals surface area contributed by atoms with Gasteiger partial charge in [-0.05, 0) is 63.1 Å². The van der Waals surface area contributed by atoms with E-state index in [-0.39, 0.29) is 11.1 Å². The van der Waals surface area contributed by atoms with Crippen molar-refractivity contribution in [2.24, 2.45) is 0 Å². The summed E-state index contributed by atoms with van der Waals surface area (Å²) in [6, 6.07) is 45.8. The second kappa shape index (κ2) is 12.2. The fraction of sp³-hybridized carbons (Fsp3) is 0.190. The molecule has 0 fully saturated rings. The Balaban J connectivity index is 0.00000179. The van der Waals surface area contributed by atoms with E-state index in [0.717, 1.165) is 39.4 Å². The number of hydrogen-bond acceptors (Lipinski definition) is 5. The molecule has 0 N–H and O–H groups in total. The Hall–Kier alpha value is -5.62. The van der Waals surface area contributed by atoms with Gasteiger partial charge in [0.1, 0.15) is 5.52 Å². The minimum absolute atomic E-state index is 0.262. The molecular formula is C42H40N6. The largest absolute Gasteiger partial charge is 0.304 e. The average molecular weight is 629 g/mol. The SMILES string of the molecule is CC.CC1(C)N(c2ccc(-c3ccccc3)cc2)c2nc3c(-c4nc(-c5ccccc5)nc(-c5ccccc5)n4)cccc3n2C1(C)C. The lowest BCUT2D eigenvalue weighted by Gasteiger charge is -2.41. The highest BCUT2D eigenvalue weighted by Gasteiger charge is 2.53. The number of benzene rings is 5. The van der Waals surface area contributed by atoms with Crippen LogP contribution in [0.5, 0.6) is 0 Å². The summed E-state index contributed by atoms with van der Waals surface area (Å²) in [7, 11) is 0. The van der Waals surface area contributed by atoms with Crippen LogP contribution < -0.4 is 4.90 Å². The standard InChI is InChI=1S/C40H34N6.C2H6/c1-39(2)40(3,4)46-33-22-14-21-32(34(33)41-38(46)45(39)31-25-23-28(24-26-31)27-15-8-5-9-16-27)37-43-35(29-17-10-6-11-18-29)42-36(44-37)30-19-12-7-13-20-30;1-2/h5-26H,1-4H3;1-2H3. The monoisotopic (exact) mass is 628 g/mol. The molecule has 6 nitrogen and oxygen atoms in total. The van der Waals surface area contributed by atoms with Crippen LogP contribution in [0.25, 0.3) is 56.3 Å². The van der Waals surface area contributed by atoms with Gasteiger partial charge in [-0.1, -0.05) is 123 Å². The second-order valence-corrected chi connectivity index (χ2v) is 12.8. The predicted molar refractivity (Wildman–Crippen MR) is 198 cm³/mol. The molecule has 3 heterocycles. The van der Waals surface area contributed by atoms with E-state index in [0.29, 0.717) is 17.5 Å². The van der Waals surface area contributed by atoms with Gasteiger partial charge in [0.15, 0.2) is 17.5 Å². The Morgan fingerprint density at radius 2 is 0.917 bits per heavy atom. The Morgan fingerprint density at radius 1 is 0.438 bits per heavy atom. The molecular weight excluding hydrogens is 589 g/mol. The fourth-order valence-electron chi connectivity index (χ4n) is 6.57. The molecule has 2 aromatic heterocycles. The van der Waals surface area contributed by atoms with Crippen LogP contribution >= 0.6 is 0 Å². The Labute approximate surface area is 282 Å². The zero-order valence-electron chi connectivity index (χ0n) is 28.4. The lowest BCUT2D eigenvalue weighted by Crippen LogP contribution is -2.50. The summed E-state index contributed by atoms with van der Waals surface area (Å²) in [6.07, 6.45) is 0. The topological polar surface area (TPSA) is 59.7 Å². The van der Waals surface area contributed by atoms with E-state index < -0.39 is 0 Å². The molecule has 5 aromatic carbocycles. The van der Waals surface area contributed by atoms with Crippen molar-refractivity contribution in [3.63, 3.8) is 0 Å². The highest BCUT2D eigenvalue weighted by atomic mass is 15.4. The second-order valence-electron chi connectivity index (χ2n) is 12.8. The van der Waals surface area contributed by atoms with Gasteiger partial charge in [-0.3, -0.25) is 0 Å². The van der Waals surface area contributed by atoms with Crippen molar-refractivity contribution in [2.75, 3.05) is 4.90 Å². The summed E-state index contributed by atoms with van der Waals surface area (Å²) >= 11 is 0. The molecule has 0 aliphatic carbocycles. The lowest BCUT2D eigenvalue weighted by atomic mass is 9.82. The molecule has 238 valence electrons. The van der Waals surface area contributed by atoms with E-state index >= 15 is 0 Å². The van der Waals surface area contributed by atoms with Crippen molar-refractivity contribution in [1.82, 2.24) is 24.5 Å². The lowest BCUT2D eigenvalue weighted by molar-refractivity contribution is 0.253. The van der Waals surface area contributed by atoms with Gasteiger partial charge < -0.3 is 9.47 Å². The molecule has 0 spiro atoms. The van der Waals surface area contributed by atoms with Crippen LogP contribution in [-0.4, -0.2) is 30.0 Å². The number of rotatable bonds is 5. The first kappa shape index (κ1) is 31.0. The van der Waals surface area contributed by atoms with Crippen molar-refractivity contribution >= 4 is 22.7 Å². The van der Waals surface area contributed by atoms with Crippen LogP contribution in [0.1, 0.15) is 41.5 Å². The Bertz CT molecular complexity index is 2130. The number of anilines is 2. The molecule has 1 aliphatic rings. The van der Waals surface area contributed by atoms with Crippen molar-refractivity contribution in [2.45, 2.75) is 52.6 Å². The zero-order valence-corrected chi connectivity index (χ0v) is 28.4. The zero-order chi connectivity index (χ0) is 33.5. The van der Waals surface area contributed by atoms with E-state index in [2.05, 4.69) is 104 Å². The fourth-order valence-corrected chi connectivity index (χ4v) is 6.57. The molecule has 1 aliphatic heterocycles. The summed E-state index contributed by atoms with van der Waals surface area (Å²) in [4.78, 5) is 22.7. The van der Waals surface area contributed by atoms with Crippen LogP contribution in [0.4, 0.5) is 11.6 Å². The third-order valence-electron chi connectivity index (χ3n) is 9.66. The Morgan fingerprint density at radius 3 is 1.46 bits per heavy atom. The third kappa shape index (κ3) is 5.05. The number of aromatic nitrogens is 5. The molecule has 0 saturated carbocycles. The molecule has 6 heteroatoms. The number of fused-ring (bicyclic) bond motifs is 3. The number of nitrogens with zero attached hydrogens (tertiary/aromatic N) is 6. The molecule has 7 aromatic rings. The molecule has 48 heavy (non-hydrogen) atoms. The smallest absolute Gasteiger partial charge is 0.212 e. The first-order valence-corrected chi connectivity index (χ1v) is 16.7. The third-order valence-corrected chi connectivity index (χ3v) is 9.66. The van der Waals surface area contributed by atoms with Gasteiger partial charge in [0, 0.05) is 22.4 Å². The van der Waals surface area contributed by atoms with Gasteiger partial charge in [-0.2, -0.15) is 0 Å². The molecule has 0 atom stereocenters. The summed E-state index contributed by atoms with van der Waals surface area (Å²) in [6.45, 7) is 13.2. The predicted octanol–water partition coefficient (Wildman–Crippen LogP) is 10.6. The average Bonchev–Trinajstić information content (AvgIpc) is 3.59.